The molecule has 1 N–H and O–H groups in total. The van der Waals surface area contributed by atoms with Gasteiger partial charge in [0.05, 0.1) is 18.2 Å². The molecule has 0 aliphatic carbocycles. The summed E-state index contributed by atoms with van der Waals surface area (Å²) in [4.78, 5) is 13.5. The van der Waals surface area contributed by atoms with E-state index in [1.165, 1.54) is 10.5 Å². The highest BCUT2D eigenvalue weighted by molar-refractivity contribution is 5.76. The number of benzene rings is 2. The van der Waals surface area contributed by atoms with Gasteiger partial charge >= 0.3 is 0 Å². The standard InChI is InChI=1S/C21H22N4O/c1-17-7-9-19(10-8-17)21(18-5-3-2-4-6-18)24-14-11-20(26)25(15-12-22)16-13-23/h2-10,21,24H,11,14-16H2,1H3/t21-/m0/s1. The van der Waals surface area contributed by atoms with Gasteiger partial charge in [-0.25, -0.2) is 0 Å². The van der Waals surface area contributed by atoms with Gasteiger partial charge in [0.25, 0.3) is 0 Å². The number of rotatable bonds is 8. The molecule has 1 amide bonds. The van der Waals surface area contributed by atoms with Crippen LogP contribution < -0.4 is 5.32 Å². The van der Waals surface area contributed by atoms with Crippen molar-refractivity contribution in [3.05, 3.63) is 71.3 Å². The second kappa shape index (κ2) is 9.98. The summed E-state index contributed by atoms with van der Waals surface area (Å²) in [6.45, 7) is 2.38. The van der Waals surface area contributed by atoms with E-state index < -0.39 is 0 Å². The van der Waals surface area contributed by atoms with Crippen molar-refractivity contribution in [2.24, 2.45) is 0 Å². The number of nitriles is 2. The highest BCUT2D eigenvalue weighted by atomic mass is 16.2. The van der Waals surface area contributed by atoms with E-state index in [2.05, 4.69) is 41.7 Å². The van der Waals surface area contributed by atoms with Crippen molar-refractivity contribution < 1.29 is 4.79 Å². The molecule has 132 valence electrons. The van der Waals surface area contributed by atoms with Crippen LogP contribution >= 0.6 is 0 Å². The fourth-order valence-corrected chi connectivity index (χ4v) is 2.72. The molecule has 5 nitrogen and oxygen atoms in total. The average Bonchev–Trinajstić information content (AvgIpc) is 2.66. The molecule has 0 bridgehead atoms. The monoisotopic (exact) mass is 346 g/mol. The SMILES string of the molecule is Cc1ccc([C@@H](NCCC(=O)N(CC#N)CC#N)c2ccccc2)cc1. The number of nitrogens with zero attached hydrogens (tertiary/aromatic N) is 3. The fourth-order valence-electron chi connectivity index (χ4n) is 2.72. The first-order valence-corrected chi connectivity index (χ1v) is 8.52. The number of carbonyl (C=O) groups excluding carboxylic acids is 1. The Morgan fingerprint density at radius 3 is 2.15 bits per heavy atom. The minimum atomic E-state index is -0.198. The van der Waals surface area contributed by atoms with Crippen molar-refractivity contribution >= 4 is 5.91 Å². The topological polar surface area (TPSA) is 79.9 Å². The molecule has 5 heteroatoms. The lowest BCUT2D eigenvalue weighted by molar-refractivity contribution is -0.129. The van der Waals surface area contributed by atoms with Gasteiger partial charge < -0.3 is 10.2 Å². The molecule has 2 aromatic carbocycles. The predicted octanol–water partition coefficient (Wildman–Crippen LogP) is 2.94. The van der Waals surface area contributed by atoms with Gasteiger partial charge in [0.15, 0.2) is 0 Å². The summed E-state index contributed by atoms with van der Waals surface area (Å²) in [6, 6.07) is 22.2. The van der Waals surface area contributed by atoms with Gasteiger partial charge in [0, 0.05) is 13.0 Å². The van der Waals surface area contributed by atoms with Gasteiger partial charge in [-0.15, -0.1) is 0 Å². The quantitative estimate of drug-likeness (QED) is 0.745. The predicted molar refractivity (Wildman–Crippen MR) is 99.9 cm³/mol. The summed E-state index contributed by atoms with van der Waals surface area (Å²) in [7, 11) is 0. The van der Waals surface area contributed by atoms with Gasteiger partial charge in [0.2, 0.25) is 5.91 Å². The second-order valence-corrected chi connectivity index (χ2v) is 6.02. The summed E-state index contributed by atoms with van der Waals surface area (Å²) >= 11 is 0. The zero-order valence-corrected chi connectivity index (χ0v) is 14.9. The normalized spacial score (nSPS) is 11.2. The van der Waals surface area contributed by atoms with Crippen LogP contribution in [0.3, 0.4) is 0 Å². The largest absolute Gasteiger partial charge is 0.316 e. The molecule has 0 saturated carbocycles. The van der Waals surface area contributed by atoms with Crippen molar-refractivity contribution in [2.75, 3.05) is 19.6 Å². The lowest BCUT2D eigenvalue weighted by Crippen LogP contribution is -2.34. The van der Waals surface area contributed by atoms with E-state index in [4.69, 9.17) is 10.5 Å². The van der Waals surface area contributed by atoms with Gasteiger partial charge in [-0.1, -0.05) is 60.2 Å². The van der Waals surface area contributed by atoms with E-state index in [0.717, 1.165) is 11.1 Å². The van der Waals surface area contributed by atoms with Crippen LogP contribution in [0.2, 0.25) is 0 Å². The Morgan fingerprint density at radius 2 is 1.58 bits per heavy atom. The number of hydrogen-bond acceptors (Lipinski definition) is 4. The van der Waals surface area contributed by atoms with E-state index in [9.17, 15) is 4.79 Å². The summed E-state index contributed by atoms with van der Waals surface area (Å²) in [5.74, 6) is -0.198. The van der Waals surface area contributed by atoms with Crippen LogP contribution in [0.5, 0.6) is 0 Å². The first-order chi connectivity index (χ1) is 12.7. The van der Waals surface area contributed by atoms with E-state index >= 15 is 0 Å². The van der Waals surface area contributed by atoms with E-state index in [1.54, 1.807) is 0 Å². The summed E-state index contributed by atoms with van der Waals surface area (Å²) in [6.07, 6.45) is 0.235. The maximum atomic E-state index is 12.2. The molecule has 1 atom stereocenters. The smallest absolute Gasteiger partial charge is 0.225 e. The van der Waals surface area contributed by atoms with Crippen LogP contribution in [0.4, 0.5) is 0 Å². The third-order valence-electron chi connectivity index (χ3n) is 4.11. The zero-order chi connectivity index (χ0) is 18.8. The maximum absolute atomic E-state index is 12.2. The Hall–Kier alpha value is -3.15. The third kappa shape index (κ3) is 5.44. The third-order valence-corrected chi connectivity index (χ3v) is 4.11. The summed E-state index contributed by atoms with van der Waals surface area (Å²) in [5.41, 5.74) is 3.44. The lowest BCUT2D eigenvalue weighted by atomic mass is 9.98. The summed E-state index contributed by atoms with van der Waals surface area (Å²) in [5, 5.41) is 21.0. The lowest BCUT2D eigenvalue weighted by Gasteiger charge is -2.21. The molecular weight excluding hydrogens is 324 g/mol. The Labute approximate surface area is 154 Å². The van der Waals surface area contributed by atoms with Crippen LogP contribution in [0.25, 0.3) is 0 Å². The van der Waals surface area contributed by atoms with Crippen molar-refractivity contribution in [2.45, 2.75) is 19.4 Å². The molecule has 2 rings (SSSR count). The van der Waals surface area contributed by atoms with Crippen LogP contribution in [-0.4, -0.2) is 30.4 Å². The molecule has 0 saturated heterocycles. The molecule has 0 heterocycles. The number of carbonyl (C=O) groups is 1. The van der Waals surface area contributed by atoms with Gasteiger partial charge in [-0.05, 0) is 18.1 Å². The average molecular weight is 346 g/mol. The molecule has 0 unspecified atom stereocenters. The minimum absolute atomic E-state index is 0.0232. The molecular formula is C21H22N4O. The Kier molecular flexibility index (Phi) is 7.36. The zero-order valence-electron chi connectivity index (χ0n) is 14.9. The minimum Gasteiger partial charge on any atom is -0.316 e. The number of aryl methyl sites for hydroxylation is 1. The molecule has 0 aliphatic rings. The number of amides is 1. The van der Waals surface area contributed by atoms with Crippen LogP contribution in [0.1, 0.15) is 29.2 Å². The molecule has 0 aromatic heterocycles. The van der Waals surface area contributed by atoms with Crippen molar-refractivity contribution in [3.8, 4) is 12.1 Å². The molecule has 0 spiro atoms. The molecule has 0 aliphatic heterocycles. The van der Waals surface area contributed by atoms with Gasteiger partial charge in [0.1, 0.15) is 13.1 Å². The van der Waals surface area contributed by atoms with Crippen LogP contribution in [0, 0.1) is 29.6 Å². The first kappa shape index (κ1) is 19.2. The highest BCUT2D eigenvalue weighted by Gasteiger charge is 2.16. The highest BCUT2D eigenvalue weighted by Crippen LogP contribution is 2.22. The second-order valence-electron chi connectivity index (χ2n) is 6.02. The van der Waals surface area contributed by atoms with E-state index in [-0.39, 0.29) is 31.5 Å². The molecule has 0 radical (unpaired) electrons. The molecule has 2 aromatic rings. The number of nitrogens with one attached hydrogen (secondary N) is 1. The van der Waals surface area contributed by atoms with E-state index in [0.29, 0.717) is 6.54 Å². The van der Waals surface area contributed by atoms with Crippen LogP contribution in [-0.2, 0) is 4.79 Å². The Balaban J connectivity index is 2.06. The Morgan fingerprint density at radius 1 is 1.00 bits per heavy atom. The summed E-state index contributed by atoms with van der Waals surface area (Å²) < 4.78 is 0. The maximum Gasteiger partial charge on any atom is 0.225 e. The fraction of sp³-hybridized carbons (Fsp3) is 0.286. The van der Waals surface area contributed by atoms with Gasteiger partial charge in [-0.3, -0.25) is 4.79 Å². The Bertz CT molecular complexity index is 772. The number of hydrogen-bond donors (Lipinski definition) is 1. The molecule has 0 fully saturated rings. The molecule has 26 heavy (non-hydrogen) atoms. The van der Waals surface area contributed by atoms with Gasteiger partial charge in [-0.2, -0.15) is 10.5 Å². The van der Waals surface area contributed by atoms with E-state index in [1.807, 2.05) is 37.3 Å². The van der Waals surface area contributed by atoms with Crippen molar-refractivity contribution in [1.29, 1.82) is 10.5 Å². The van der Waals surface area contributed by atoms with Crippen LogP contribution in [0.15, 0.2) is 54.6 Å². The first-order valence-electron chi connectivity index (χ1n) is 8.52. The van der Waals surface area contributed by atoms with Crippen molar-refractivity contribution in [3.63, 3.8) is 0 Å². The van der Waals surface area contributed by atoms with Crippen molar-refractivity contribution in [1.82, 2.24) is 10.2 Å².